The summed E-state index contributed by atoms with van der Waals surface area (Å²) in [5.41, 5.74) is -1.28. The first-order valence-electron chi connectivity index (χ1n) is 16.4. The highest BCUT2D eigenvalue weighted by Crippen LogP contribution is 2.39. The lowest BCUT2D eigenvalue weighted by Gasteiger charge is -2.45. The molecule has 3 aliphatic rings. The lowest BCUT2D eigenvalue weighted by Crippen LogP contribution is -2.65. The van der Waals surface area contributed by atoms with Crippen LogP contribution in [0.25, 0.3) is 22.3 Å². The zero-order valence-corrected chi connectivity index (χ0v) is 27.7. The second-order valence-corrected chi connectivity index (χ2v) is 12.9. The normalized spacial score (nSPS) is 37.8. The summed E-state index contributed by atoms with van der Waals surface area (Å²) in [6.45, 7) is -0.275. The first kappa shape index (κ1) is 39.0. The summed E-state index contributed by atoms with van der Waals surface area (Å²) < 4.78 is 39.8. The van der Waals surface area contributed by atoms with Gasteiger partial charge < -0.3 is 94.1 Å². The molecule has 0 amide bonds. The van der Waals surface area contributed by atoms with Crippen LogP contribution in [0.4, 0.5) is 0 Å². The largest absolute Gasteiger partial charge is 0.508 e. The van der Waals surface area contributed by atoms with E-state index >= 15 is 0 Å². The molecule has 3 aromatic rings. The average Bonchev–Trinajstić information content (AvgIpc) is 3.13. The number of rotatable bonds is 9. The number of aliphatic hydroxyl groups excluding tert-OH is 10. The molecule has 0 saturated carbocycles. The highest BCUT2D eigenvalue weighted by molar-refractivity contribution is 5.88. The Morgan fingerprint density at radius 3 is 1.89 bits per heavy atom. The molecule has 3 fully saturated rings. The molecule has 0 radical (unpaired) electrons. The van der Waals surface area contributed by atoms with Gasteiger partial charge in [0.05, 0.1) is 19.3 Å². The summed E-state index contributed by atoms with van der Waals surface area (Å²) in [5, 5.41) is 123. The van der Waals surface area contributed by atoms with Gasteiger partial charge in [0.1, 0.15) is 89.3 Å². The van der Waals surface area contributed by atoms with E-state index in [-0.39, 0.29) is 28.4 Å². The summed E-state index contributed by atoms with van der Waals surface area (Å²) in [6, 6.07) is 7.25. The van der Waals surface area contributed by atoms with Crippen LogP contribution in [-0.2, 0) is 18.9 Å². The molecular weight excluding hydrogens is 716 g/mol. The Morgan fingerprint density at radius 1 is 0.660 bits per heavy atom. The van der Waals surface area contributed by atoms with Gasteiger partial charge in [-0.15, -0.1) is 0 Å². The van der Waals surface area contributed by atoms with E-state index < -0.39 is 128 Å². The maximum Gasteiger partial charge on any atom is 0.239 e. The number of hydrogen-bond donors (Lipinski definition) is 12. The van der Waals surface area contributed by atoms with E-state index in [4.69, 9.17) is 32.8 Å². The molecule has 20 nitrogen and oxygen atoms in total. The number of aromatic hydroxyl groups is 2. The van der Waals surface area contributed by atoms with Gasteiger partial charge in [0.25, 0.3) is 0 Å². The molecule has 15 atom stereocenters. The summed E-state index contributed by atoms with van der Waals surface area (Å²) >= 11 is 0. The molecule has 2 aromatic carbocycles. The van der Waals surface area contributed by atoms with Gasteiger partial charge in [-0.1, -0.05) is 0 Å². The number of ether oxygens (including phenoxy) is 6. The van der Waals surface area contributed by atoms with Crippen LogP contribution < -0.4 is 14.9 Å². The molecule has 292 valence electrons. The number of hydrogen-bond acceptors (Lipinski definition) is 20. The van der Waals surface area contributed by atoms with Crippen molar-refractivity contribution >= 4 is 11.0 Å². The predicted octanol–water partition coefficient (Wildman–Crippen LogP) is -3.92. The molecular formula is C33H40O20. The summed E-state index contributed by atoms with van der Waals surface area (Å²) in [5.74, 6) is -2.19. The van der Waals surface area contributed by atoms with Crippen molar-refractivity contribution < 1.29 is 94.1 Å². The van der Waals surface area contributed by atoms with Gasteiger partial charge in [-0.25, -0.2) is 0 Å². The van der Waals surface area contributed by atoms with E-state index in [1.807, 2.05) is 0 Å². The SMILES string of the molecule is C[C@@H]1O[C@H](Oc2cc(O)c3c(=O)c(O[C@@H]4O[C@H](CO)[C@H](O)[C@H](O)[C@H]4O[C@@H]4O[C@H](CO)[C@@H](O)[C@H](O)[C@H]4O)c(-c4ccc(O)cc4)oc3c2)[C@H](O)[C@H](O)[C@H]1O. The van der Waals surface area contributed by atoms with Crippen molar-refractivity contribution in [3.63, 3.8) is 0 Å². The third-order valence-electron chi connectivity index (χ3n) is 9.29. The van der Waals surface area contributed by atoms with Crippen LogP contribution in [0, 0.1) is 0 Å². The molecule has 6 rings (SSSR count). The van der Waals surface area contributed by atoms with E-state index in [9.17, 15) is 66.1 Å². The van der Waals surface area contributed by atoms with Crippen molar-refractivity contribution in [3.05, 3.63) is 46.6 Å². The van der Waals surface area contributed by atoms with Crippen LogP contribution in [-0.4, -0.2) is 167 Å². The van der Waals surface area contributed by atoms with E-state index in [1.54, 1.807) is 0 Å². The number of fused-ring (bicyclic) bond motifs is 1. The zero-order chi connectivity index (χ0) is 38.5. The molecule has 0 spiro atoms. The molecule has 3 aliphatic heterocycles. The number of benzene rings is 2. The topological polar surface area (TPSA) is 328 Å². The molecule has 0 unspecified atom stereocenters. The predicted molar refractivity (Wildman–Crippen MR) is 171 cm³/mol. The summed E-state index contributed by atoms with van der Waals surface area (Å²) in [4.78, 5) is 14.2. The first-order chi connectivity index (χ1) is 25.1. The Bertz CT molecular complexity index is 1780. The highest BCUT2D eigenvalue weighted by atomic mass is 16.8. The minimum atomic E-state index is -1.99. The maximum atomic E-state index is 14.2. The van der Waals surface area contributed by atoms with Gasteiger partial charge in [0.15, 0.2) is 18.2 Å². The zero-order valence-electron chi connectivity index (χ0n) is 27.7. The summed E-state index contributed by atoms with van der Waals surface area (Å²) in [7, 11) is 0. The van der Waals surface area contributed by atoms with E-state index in [0.29, 0.717) is 0 Å². The van der Waals surface area contributed by atoms with Crippen molar-refractivity contribution in [1.82, 2.24) is 0 Å². The minimum Gasteiger partial charge on any atom is -0.508 e. The molecule has 12 N–H and O–H groups in total. The van der Waals surface area contributed by atoms with Gasteiger partial charge in [-0.05, 0) is 31.2 Å². The molecule has 0 bridgehead atoms. The van der Waals surface area contributed by atoms with Crippen LogP contribution in [0.3, 0.4) is 0 Å². The number of aliphatic hydroxyl groups is 10. The fourth-order valence-electron chi connectivity index (χ4n) is 6.23. The van der Waals surface area contributed by atoms with Crippen molar-refractivity contribution in [1.29, 1.82) is 0 Å². The van der Waals surface area contributed by atoms with E-state index in [2.05, 4.69) is 0 Å². The molecule has 3 saturated heterocycles. The van der Waals surface area contributed by atoms with Crippen LogP contribution >= 0.6 is 0 Å². The van der Waals surface area contributed by atoms with E-state index in [0.717, 1.165) is 12.1 Å². The van der Waals surface area contributed by atoms with Gasteiger partial charge in [-0.3, -0.25) is 4.79 Å². The fourth-order valence-corrected chi connectivity index (χ4v) is 6.23. The van der Waals surface area contributed by atoms with Crippen LogP contribution in [0.1, 0.15) is 6.92 Å². The fraction of sp³-hybridized carbons (Fsp3) is 0.545. The van der Waals surface area contributed by atoms with Crippen LogP contribution in [0.5, 0.6) is 23.0 Å². The van der Waals surface area contributed by atoms with Gasteiger partial charge >= 0.3 is 0 Å². The van der Waals surface area contributed by atoms with Crippen molar-refractivity contribution in [3.8, 4) is 34.3 Å². The van der Waals surface area contributed by atoms with Crippen molar-refractivity contribution in [2.24, 2.45) is 0 Å². The monoisotopic (exact) mass is 756 g/mol. The maximum absolute atomic E-state index is 14.2. The van der Waals surface area contributed by atoms with Crippen LogP contribution in [0.15, 0.2) is 45.6 Å². The Labute approximate surface area is 298 Å². The Morgan fingerprint density at radius 2 is 1.25 bits per heavy atom. The van der Waals surface area contributed by atoms with Gasteiger partial charge in [0.2, 0.25) is 23.8 Å². The standard InChI is InChI=1S/C33H40O20/c1-10-19(38)23(42)26(45)31(47-10)48-13-6-14(37)18-15(7-13)49-28(11-2-4-12(36)5-3-11)29(22(18)41)52-33-30(25(44)21(40)17(9-35)51-33)53-32-27(46)24(43)20(39)16(8-34)50-32/h2-7,10,16-17,19-21,23-27,30-40,42-46H,8-9H2,1H3/t10-,16+,17+,19-,20+,21-,23+,24-,25-,26+,27+,30+,31+,32-,33-/m0/s1. The third-order valence-corrected chi connectivity index (χ3v) is 9.29. The molecule has 53 heavy (non-hydrogen) atoms. The van der Waals surface area contributed by atoms with Gasteiger partial charge in [-0.2, -0.15) is 0 Å². The van der Waals surface area contributed by atoms with Crippen LogP contribution in [0.2, 0.25) is 0 Å². The van der Waals surface area contributed by atoms with Crippen molar-refractivity contribution in [2.45, 2.75) is 99.0 Å². The number of phenols is 2. The molecule has 4 heterocycles. The lowest BCUT2D eigenvalue weighted by molar-refractivity contribution is -0.358. The highest BCUT2D eigenvalue weighted by Gasteiger charge is 2.52. The van der Waals surface area contributed by atoms with E-state index in [1.165, 1.54) is 31.2 Å². The smallest absolute Gasteiger partial charge is 0.239 e. The molecule has 0 aliphatic carbocycles. The average molecular weight is 757 g/mol. The quantitative estimate of drug-likeness (QED) is 0.0992. The molecule has 20 heteroatoms. The summed E-state index contributed by atoms with van der Waals surface area (Å²) in [6.07, 6.45) is -25.5. The van der Waals surface area contributed by atoms with Crippen molar-refractivity contribution in [2.75, 3.05) is 13.2 Å². The van der Waals surface area contributed by atoms with Gasteiger partial charge in [0, 0.05) is 17.7 Å². The Balaban J connectivity index is 1.41. The minimum absolute atomic E-state index is 0.0982. The molecule has 1 aromatic heterocycles. The lowest BCUT2D eigenvalue weighted by atomic mass is 9.97. The third kappa shape index (κ3) is 7.39. The second kappa shape index (κ2) is 15.6. The second-order valence-electron chi connectivity index (χ2n) is 12.9. The number of phenolic OH excluding ortho intramolecular Hbond substituents is 2. The Hall–Kier alpha value is -3.71. The first-order valence-corrected chi connectivity index (χ1v) is 16.4. The Kier molecular flexibility index (Phi) is 11.5.